The van der Waals surface area contributed by atoms with Crippen molar-refractivity contribution in [3.8, 4) is 0 Å². The molecule has 3 aliphatic rings. The molecule has 2 saturated heterocycles. The zero-order chi connectivity index (χ0) is 30.2. The van der Waals surface area contributed by atoms with Gasteiger partial charge in [0.05, 0.1) is 5.69 Å². The van der Waals surface area contributed by atoms with Crippen LogP contribution >= 0.6 is 0 Å². The Labute approximate surface area is 244 Å². The molecule has 0 bridgehead atoms. The largest absolute Gasteiger partial charge is 0.444 e. The van der Waals surface area contributed by atoms with Crippen molar-refractivity contribution in [2.24, 2.45) is 17.1 Å². The van der Waals surface area contributed by atoms with Gasteiger partial charge in [-0.3, -0.25) is 9.59 Å². The number of ether oxygens (including phenoxy) is 1. The van der Waals surface area contributed by atoms with Gasteiger partial charge in [0, 0.05) is 49.6 Å². The molecule has 1 aliphatic carbocycles. The minimum absolute atomic E-state index is 0.0370. The molecule has 11 nitrogen and oxygen atoms in total. The molecule has 1 atom stereocenters. The number of nitrogens with one attached hydrogen (secondary N) is 2. The molecule has 4 rings (SSSR count). The summed E-state index contributed by atoms with van der Waals surface area (Å²) in [6.45, 7) is 16.1. The third-order valence-corrected chi connectivity index (χ3v) is 8.19. The van der Waals surface area contributed by atoms with E-state index in [1.54, 1.807) is 18.7 Å². The van der Waals surface area contributed by atoms with Crippen molar-refractivity contribution in [1.29, 1.82) is 0 Å². The number of anilines is 2. The number of nitrogens with zero attached hydrogens (tertiary/aromatic N) is 4. The number of amides is 3. The molecule has 4 N–H and O–H groups in total. The van der Waals surface area contributed by atoms with Gasteiger partial charge >= 0.3 is 6.09 Å². The number of fused-ring (bicyclic) bond motifs is 1. The maximum atomic E-state index is 12.9. The number of hydrogen-bond donors (Lipinski definition) is 3. The van der Waals surface area contributed by atoms with Gasteiger partial charge in [-0.1, -0.05) is 13.8 Å². The van der Waals surface area contributed by atoms with Gasteiger partial charge in [0.15, 0.2) is 0 Å². The monoisotopic (exact) mass is 571 g/mol. The second-order valence-corrected chi connectivity index (χ2v) is 14.2. The van der Waals surface area contributed by atoms with Crippen LogP contribution in [-0.2, 0) is 27.2 Å². The molecule has 2 aliphatic heterocycles. The van der Waals surface area contributed by atoms with Crippen LogP contribution in [0.5, 0.6) is 0 Å². The first-order chi connectivity index (χ1) is 19.1. The fraction of sp³-hybridized carbons (Fsp3) is 0.767. The van der Waals surface area contributed by atoms with Crippen LogP contribution in [0.15, 0.2) is 0 Å². The Morgan fingerprint density at radius 2 is 1.73 bits per heavy atom. The van der Waals surface area contributed by atoms with E-state index in [4.69, 9.17) is 20.4 Å². The average Bonchev–Trinajstić information content (AvgIpc) is 3.27. The summed E-state index contributed by atoms with van der Waals surface area (Å²) in [5.41, 5.74) is 6.10. The van der Waals surface area contributed by atoms with Crippen molar-refractivity contribution >= 4 is 29.7 Å². The molecule has 228 valence electrons. The molecule has 3 heterocycles. The predicted octanol–water partition coefficient (Wildman–Crippen LogP) is 3.40. The Balaban J connectivity index is 1.49. The van der Waals surface area contributed by atoms with Gasteiger partial charge in [-0.05, 0) is 79.1 Å². The third kappa shape index (κ3) is 7.60. The van der Waals surface area contributed by atoms with Crippen LogP contribution in [0.1, 0.15) is 91.8 Å². The molecule has 11 heteroatoms. The van der Waals surface area contributed by atoms with Gasteiger partial charge in [-0.15, -0.1) is 0 Å². The summed E-state index contributed by atoms with van der Waals surface area (Å²) in [6, 6.07) is -0.161. The van der Waals surface area contributed by atoms with Gasteiger partial charge in [0.25, 0.3) is 0 Å². The average molecular weight is 572 g/mol. The summed E-state index contributed by atoms with van der Waals surface area (Å²) >= 11 is 0. The van der Waals surface area contributed by atoms with Crippen molar-refractivity contribution in [2.45, 2.75) is 111 Å². The highest BCUT2D eigenvalue weighted by Gasteiger charge is 2.51. The van der Waals surface area contributed by atoms with Crippen molar-refractivity contribution in [3.63, 3.8) is 0 Å². The van der Waals surface area contributed by atoms with E-state index in [0.717, 1.165) is 68.7 Å². The Morgan fingerprint density at radius 1 is 1.05 bits per heavy atom. The highest BCUT2D eigenvalue weighted by atomic mass is 16.6. The van der Waals surface area contributed by atoms with Crippen LogP contribution in [0.3, 0.4) is 0 Å². The summed E-state index contributed by atoms with van der Waals surface area (Å²) in [5, 5.41) is 6.39. The maximum absolute atomic E-state index is 12.9. The number of carbonyl (C=O) groups is 3. The van der Waals surface area contributed by atoms with E-state index in [1.165, 1.54) is 0 Å². The highest BCUT2D eigenvalue weighted by Crippen LogP contribution is 2.42. The summed E-state index contributed by atoms with van der Waals surface area (Å²) in [7, 11) is 0. The number of nitrogens with two attached hydrogens (primary N) is 1. The zero-order valence-electron chi connectivity index (χ0n) is 25.9. The lowest BCUT2D eigenvalue weighted by atomic mass is 9.79. The quantitative estimate of drug-likeness (QED) is 0.409. The first kappa shape index (κ1) is 30.8. The standard InChI is InChI=1S/C30H49N7O4/c1-19(2)14-20(15-23(38)35-29(6,7)25(31)39)32-24-21-10-8-9-11-22(21)33-26(34-24)36-13-12-30(16-36)17-37(18-30)27(40)41-28(3,4)5/h19-20H,8-18H2,1-7H3,(H2,31,39)(H,35,38)(H,32,33,34)/t20-/m0/s1. The van der Waals surface area contributed by atoms with E-state index in [2.05, 4.69) is 29.4 Å². The Morgan fingerprint density at radius 3 is 2.37 bits per heavy atom. The van der Waals surface area contributed by atoms with Crippen molar-refractivity contribution < 1.29 is 19.1 Å². The minimum Gasteiger partial charge on any atom is -0.444 e. The van der Waals surface area contributed by atoms with E-state index in [1.807, 2.05) is 20.8 Å². The molecule has 3 amide bonds. The second-order valence-electron chi connectivity index (χ2n) is 14.2. The van der Waals surface area contributed by atoms with Gasteiger partial charge < -0.3 is 30.9 Å². The molecule has 0 radical (unpaired) electrons. The maximum Gasteiger partial charge on any atom is 0.410 e. The highest BCUT2D eigenvalue weighted by molar-refractivity contribution is 5.89. The lowest BCUT2D eigenvalue weighted by Gasteiger charge is -2.47. The molecule has 0 aromatic carbocycles. The molecular formula is C30H49N7O4. The number of primary amides is 1. The smallest absolute Gasteiger partial charge is 0.410 e. The molecular weight excluding hydrogens is 522 g/mol. The fourth-order valence-corrected chi connectivity index (χ4v) is 6.07. The number of carbonyl (C=O) groups excluding carboxylic acids is 3. The number of hydrogen-bond acceptors (Lipinski definition) is 8. The van der Waals surface area contributed by atoms with E-state index < -0.39 is 17.0 Å². The molecule has 41 heavy (non-hydrogen) atoms. The van der Waals surface area contributed by atoms with Crippen LogP contribution in [0.4, 0.5) is 16.6 Å². The second kappa shape index (κ2) is 11.6. The van der Waals surface area contributed by atoms with E-state index >= 15 is 0 Å². The Bertz CT molecular complexity index is 1150. The van der Waals surface area contributed by atoms with Crippen molar-refractivity contribution in [2.75, 3.05) is 36.4 Å². The van der Waals surface area contributed by atoms with Gasteiger partial charge in [0.2, 0.25) is 17.8 Å². The number of aryl methyl sites for hydroxylation is 1. The molecule has 1 spiro atoms. The summed E-state index contributed by atoms with van der Waals surface area (Å²) in [6.07, 6.45) is 5.69. The van der Waals surface area contributed by atoms with E-state index in [9.17, 15) is 14.4 Å². The topological polar surface area (TPSA) is 143 Å². The van der Waals surface area contributed by atoms with Crippen LogP contribution in [-0.4, -0.2) is 76.1 Å². The minimum atomic E-state index is -1.12. The lowest BCUT2D eigenvalue weighted by molar-refractivity contribution is -0.130. The van der Waals surface area contributed by atoms with Crippen LogP contribution in [0.2, 0.25) is 0 Å². The van der Waals surface area contributed by atoms with Gasteiger partial charge in [-0.25, -0.2) is 9.78 Å². The van der Waals surface area contributed by atoms with Crippen molar-refractivity contribution in [3.05, 3.63) is 11.3 Å². The Hall–Kier alpha value is -3.11. The fourth-order valence-electron chi connectivity index (χ4n) is 6.07. The number of rotatable bonds is 9. The number of aromatic nitrogens is 2. The molecule has 1 aromatic heterocycles. The van der Waals surface area contributed by atoms with Crippen molar-refractivity contribution in [1.82, 2.24) is 20.2 Å². The first-order valence-electron chi connectivity index (χ1n) is 15.1. The van der Waals surface area contributed by atoms with Crippen LogP contribution < -0.4 is 21.3 Å². The van der Waals surface area contributed by atoms with E-state index in [0.29, 0.717) is 25.0 Å². The third-order valence-electron chi connectivity index (χ3n) is 8.19. The molecule has 0 saturated carbocycles. The zero-order valence-corrected chi connectivity index (χ0v) is 25.9. The summed E-state index contributed by atoms with van der Waals surface area (Å²) < 4.78 is 5.55. The lowest BCUT2D eigenvalue weighted by Crippen LogP contribution is -2.60. The molecule has 0 unspecified atom stereocenters. The van der Waals surface area contributed by atoms with Crippen LogP contribution in [0, 0.1) is 11.3 Å². The Kier molecular flexibility index (Phi) is 8.76. The predicted molar refractivity (Wildman–Crippen MR) is 159 cm³/mol. The first-order valence-corrected chi connectivity index (χ1v) is 15.1. The molecule has 2 fully saturated rings. The molecule has 1 aromatic rings. The number of likely N-dealkylation sites (tertiary alicyclic amines) is 1. The SMILES string of the molecule is CC(C)C[C@@H](CC(=O)NC(C)(C)C(N)=O)Nc1nc(N2CCC3(CN(C(=O)OC(C)(C)C)C3)C2)nc2c1CCCC2. The van der Waals surface area contributed by atoms with Crippen LogP contribution in [0.25, 0.3) is 0 Å². The summed E-state index contributed by atoms with van der Waals surface area (Å²) in [5.74, 6) is 1.08. The normalized spacial score (nSPS) is 19.0. The van der Waals surface area contributed by atoms with Gasteiger partial charge in [0.1, 0.15) is 17.0 Å². The van der Waals surface area contributed by atoms with Gasteiger partial charge in [-0.2, -0.15) is 4.98 Å². The van der Waals surface area contributed by atoms with E-state index in [-0.39, 0.29) is 29.9 Å². The summed E-state index contributed by atoms with van der Waals surface area (Å²) in [4.78, 5) is 51.3.